The Morgan fingerprint density at radius 3 is 1.86 bits per heavy atom. The summed E-state index contributed by atoms with van der Waals surface area (Å²) in [6.45, 7) is 13.2. The molecule has 0 spiro atoms. The fourth-order valence-electron chi connectivity index (χ4n) is 0.427. The predicted molar refractivity (Wildman–Crippen MR) is 63.4 cm³/mol. The van der Waals surface area contributed by atoms with Crippen LogP contribution in [0.1, 0.15) is 34.6 Å². The first-order valence-corrected chi connectivity index (χ1v) is 4.91. The van der Waals surface area contributed by atoms with Crippen LogP contribution >= 0.6 is 0 Å². The Bertz CT molecular complexity index is 188. The summed E-state index contributed by atoms with van der Waals surface area (Å²) in [5.74, 6) is -0.951. The van der Waals surface area contributed by atoms with Crippen molar-refractivity contribution in [3.63, 3.8) is 0 Å². The average Bonchev–Trinajstić information content (AvgIpc) is 2.24. The lowest BCUT2D eigenvalue weighted by molar-refractivity contribution is -0.132. The molecule has 0 bridgehead atoms. The van der Waals surface area contributed by atoms with Crippen molar-refractivity contribution >= 4 is 5.97 Å². The molecule has 0 fully saturated rings. The Labute approximate surface area is 87.7 Å². The van der Waals surface area contributed by atoms with E-state index in [0.29, 0.717) is 0 Å². The highest BCUT2D eigenvalue weighted by atomic mass is 16.4. The van der Waals surface area contributed by atoms with Gasteiger partial charge in [0.1, 0.15) is 0 Å². The summed E-state index contributed by atoms with van der Waals surface area (Å²) in [5, 5.41) is 8.43. The fraction of sp³-hybridized carbons (Fsp3) is 0.417. The van der Waals surface area contributed by atoms with Crippen LogP contribution in [0.2, 0.25) is 0 Å². The average molecular weight is 198 g/mol. The van der Waals surface area contributed by atoms with Crippen LogP contribution < -0.4 is 0 Å². The quantitative estimate of drug-likeness (QED) is 0.553. The highest BCUT2D eigenvalue weighted by molar-refractivity contribution is 5.89. The van der Waals surface area contributed by atoms with Gasteiger partial charge in [-0.05, 0) is 13.0 Å². The zero-order valence-electron chi connectivity index (χ0n) is 9.87. The summed E-state index contributed by atoms with van der Waals surface area (Å²) in [6.07, 6.45) is 6.22. The minimum absolute atomic E-state index is 0.207. The summed E-state index contributed by atoms with van der Waals surface area (Å²) in [5.41, 5.74) is 0.207. The van der Waals surface area contributed by atoms with Crippen LogP contribution in [0, 0.1) is 0 Å². The number of aliphatic carboxylic acids is 1. The first-order valence-electron chi connectivity index (χ1n) is 4.91. The van der Waals surface area contributed by atoms with Gasteiger partial charge in [-0.25, -0.2) is 4.79 Å². The topological polar surface area (TPSA) is 37.3 Å². The van der Waals surface area contributed by atoms with Gasteiger partial charge in [0, 0.05) is 0 Å². The van der Waals surface area contributed by atoms with Crippen molar-refractivity contribution in [3.8, 4) is 0 Å². The van der Waals surface area contributed by atoms with Crippen LogP contribution in [0.15, 0.2) is 36.5 Å². The standard InChI is InChI=1S/C8H10O2.2C2H6/c1-3-5-6-7(4-2)8(9)10;2*1-2/h3-6H,2H2,1H3,(H,9,10);2*1-2H3/b5-3-,7-6+;;. The highest BCUT2D eigenvalue weighted by Crippen LogP contribution is 1.95. The van der Waals surface area contributed by atoms with Gasteiger partial charge >= 0.3 is 5.97 Å². The van der Waals surface area contributed by atoms with Gasteiger partial charge < -0.3 is 5.11 Å². The van der Waals surface area contributed by atoms with E-state index in [2.05, 4.69) is 6.58 Å². The third-order valence-corrected chi connectivity index (χ3v) is 0.935. The molecular weight excluding hydrogens is 176 g/mol. The smallest absolute Gasteiger partial charge is 0.335 e. The van der Waals surface area contributed by atoms with Crippen LogP contribution in [0.25, 0.3) is 0 Å². The lowest BCUT2D eigenvalue weighted by Crippen LogP contribution is -1.95. The van der Waals surface area contributed by atoms with E-state index in [0.717, 1.165) is 0 Å². The maximum absolute atomic E-state index is 10.3. The second-order valence-corrected chi connectivity index (χ2v) is 1.66. The van der Waals surface area contributed by atoms with Gasteiger partial charge in [0.2, 0.25) is 0 Å². The number of rotatable bonds is 3. The summed E-state index contributed by atoms with van der Waals surface area (Å²) in [7, 11) is 0. The van der Waals surface area contributed by atoms with E-state index >= 15 is 0 Å². The molecule has 0 radical (unpaired) electrons. The van der Waals surface area contributed by atoms with Crippen molar-refractivity contribution in [2.75, 3.05) is 0 Å². The largest absolute Gasteiger partial charge is 0.478 e. The molecule has 0 aliphatic carbocycles. The normalized spacial score (nSPS) is 9.36. The molecule has 0 aromatic rings. The van der Waals surface area contributed by atoms with Crippen LogP contribution in [0.5, 0.6) is 0 Å². The van der Waals surface area contributed by atoms with E-state index in [-0.39, 0.29) is 5.57 Å². The zero-order chi connectivity index (χ0) is 12.0. The van der Waals surface area contributed by atoms with Gasteiger partial charge in [0.25, 0.3) is 0 Å². The Balaban J connectivity index is -0.000000266. The maximum Gasteiger partial charge on any atom is 0.335 e. The predicted octanol–water partition coefficient (Wildman–Crippen LogP) is 3.81. The number of carboxylic acids is 1. The lowest BCUT2D eigenvalue weighted by atomic mass is 10.2. The van der Waals surface area contributed by atoms with Crippen molar-refractivity contribution in [2.24, 2.45) is 0 Å². The summed E-state index contributed by atoms with van der Waals surface area (Å²) >= 11 is 0. The van der Waals surface area contributed by atoms with E-state index in [1.165, 1.54) is 12.2 Å². The molecular formula is C12H22O2. The molecule has 0 aromatic heterocycles. The van der Waals surface area contributed by atoms with Crippen molar-refractivity contribution in [3.05, 3.63) is 36.5 Å². The van der Waals surface area contributed by atoms with Crippen molar-refractivity contribution < 1.29 is 9.90 Å². The number of hydrogen-bond donors (Lipinski definition) is 1. The number of hydrogen-bond acceptors (Lipinski definition) is 1. The highest BCUT2D eigenvalue weighted by Gasteiger charge is 1.97. The lowest BCUT2D eigenvalue weighted by Gasteiger charge is -1.88. The van der Waals surface area contributed by atoms with E-state index < -0.39 is 5.97 Å². The first kappa shape index (κ1) is 18.5. The monoisotopic (exact) mass is 198 g/mol. The van der Waals surface area contributed by atoms with Crippen LogP contribution in [0.4, 0.5) is 0 Å². The molecule has 1 N–H and O–H groups in total. The van der Waals surface area contributed by atoms with Crippen molar-refractivity contribution in [1.29, 1.82) is 0 Å². The minimum atomic E-state index is -0.951. The van der Waals surface area contributed by atoms with E-state index in [4.69, 9.17) is 5.11 Å². The van der Waals surface area contributed by atoms with Crippen LogP contribution in [0.3, 0.4) is 0 Å². The van der Waals surface area contributed by atoms with Crippen molar-refractivity contribution in [1.82, 2.24) is 0 Å². The van der Waals surface area contributed by atoms with Gasteiger partial charge in [-0.3, -0.25) is 0 Å². The van der Waals surface area contributed by atoms with Gasteiger partial charge in [0.15, 0.2) is 0 Å². The molecule has 0 rings (SSSR count). The SMILES string of the molecule is C=C/C(=C\C=C/C)C(=O)O.CC.CC. The second-order valence-electron chi connectivity index (χ2n) is 1.66. The number of carbonyl (C=O) groups is 1. The third-order valence-electron chi connectivity index (χ3n) is 0.935. The fourth-order valence-corrected chi connectivity index (χ4v) is 0.427. The molecule has 2 nitrogen and oxygen atoms in total. The number of carboxylic acid groups (broad SMARTS) is 1. The molecule has 0 aliphatic rings. The Morgan fingerprint density at radius 1 is 1.21 bits per heavy atom. The Kier molecular flexibility index (Phi) is 23.3. The summed E-state index contributed by atoms with van der Waals surface area (Å²) < 4.78 is 0. The van der Waals surface area contributed by atoms with Crippen LogP contribution in [-0.2, 0) is 4.79 Å². The molecule has 0 unspecified atom stereocenters. The molecule has 0 aliphatic heterocycles. The van der Waals surface area contributed by atoms with Gasteiger partial charge in [0.05, 0.1) is 5.57 Å². The van der Waals surface area contributed by atoms with Gasteiger partial charge in [-0.1, -0.05) is 52.5 Å². The second kappa shape index (κ2) is 17.7. The molecule has 0 saturated heterocycles. The zero-order valence-corrected chi connectivity index (χ0v) is 9.87. The van der Waals surface area contributed by atoms with Crippen LogP contribution in [-0.4, -0.2) is 11.1 Å². The summed E-state index contributed by atoms with van der Waals surface area (Å²) in [4.78, 5) is 10.3. The van der Waals surface area contributed by atoms with Gasteiger partial charge in [-0.15, -0.1) is 0 Å². The van der Waals surface area contributed by atoms with E-state index in [9.17, 15) is 4.79 Å². The Morgan fingerprint density at radius 2 is 1.64 bits per heavy atom. The minimum Gasteiger partial charge on any atom is -0.478 e. The molecule has 0 saturated carbocycles. The molecule has 0 amide bonds. The molecule has 0 atom stereocenters. The molecule has 0 heterocycles. The maximum atomic E-state index is 10.3. The molecule has 14 heavy (non-hydrogen) atoms. The first-order chi connectivity index (χ1) is 6.72. The molecule has 2 heteroatoms. The summed E-state index contributed by atoms with van der Waals surface area (Å²) in [6, 6.07) is 0. The number of allylic oxidation sites excluding steroid dienone is 3. The Hall–Kier alpha value is -1.31. The van der Waals surface area contributed by atoms with E-state index in [1.807, 2.05) is 34.6 Å². The van der Waals surface area contributed by atoms with Gasteiger partial charge in [-0.2, -0.15) is 0 Å². The molecule has 82 valence electrons. The van der Waals surface area contributed by atoms with E-state index in [1.54, 1.807) is 12.2 Å². The van der Waals surface area contributed by atoms with Crippen molar-refractivity contribution in [2.45, 2.75) is 34.6 Å². The third kappa shape index (κ3) is 13.3. The molecule has 0 aromatic carbocycles.